The Kier molecular flexibility index (Phi) is 3.65. The molecule has 1 N–H and O–H groups in total. The molecule has 3 heterocycles. The number of hydrogen-bond acceptors (Lipinski definition) is 4. The smallest absolute Gasteiger partial charge is 0.228 e. The number of aromatic amines is 1. The number of imidazole rings is 1. The van der Waals surface area contributed by atoms with Gasteiger partial charge in [0, 0.05) is 18.0 Å². The predicted molar refractivity (Wildman–Crippen MR) is 95.1 cm³/mol. The Labute approximate surface area is 141 Å². The van der Waals surface area contributed by atoms with Crippen LogP contribution in [0.25, 0.3) is 22.3 Å². The lowest BCUT2D eigenvalue weighted by Gasteiger charge is -2.07. The Morgan fingerprint density at radius 1 is 0.913 bits per heavy atom. The third-order valence-corrected chi connectivity index (χ3v) is 4.98. The molecule has 0 radical (unpaired) electrons. The Morgan fingerprint density at radius 2 is 1.57 bits per heavy atom. The summed E-state index contributed by atoms with van der Waals surface area (Å²) in [7, 11) is 0. The molecule has 3 aromatic heterocycles. The van der Waals surface area contributed by atoms with Crippen molar-refractivity contribution in [2.45, 2.75) is 0 Å². The standard InChI is InChI=1S/C18H12N2OS2/c21-17(18-19-3-4-20-18)16-8-14(12-1-5-22-10-12)7-15(9-16)13-2-6-23-11-13/h1-11H,(H,19,20). The second-order valence-electron chi connectivity index (χ2n) is 5.09. The van der Waals surface area contributed by atoms with E-state index in [0.717, 1.165) is 22.3 Å². The molecule has 0 saturated heterocycles. The number of carbonyl (C=O) groups is 1. The minimum atomic E-state index is -0.0939. The molecular weight excluding hydrogens is 324 g/mol. The summed E-state index contributed by atoms with van der Waals surface area (Å²) >= 11 is 3.30. The molecule has 4 rings (SSSR count). The first-order valence-electron chi connectivity index (χ1n) is 7.05. The molecule has 0 saturated carbocycles. The molecule has 0 fully saturated rings. The van der Waals surface area contributed by atoms with Gasteiger partial charge < -0.3 is 4.98 Å². The summed E-state index contributed by atoms with van der Waals surface area (Å²) in [5.74, 6) is 0.271. The molecule has 3 nitrogen and oxygen atoms in total. The highest BCUT2D eigenvalue weighted by Crippen LogP contribution is 2.31. The minimum Gasteiger partial charge on any atom is -0.342 e. The van der Waals surface area contributed by atoms with Gasteiger partial charge in [0.25, 0.3) is 0 Å². The fourth-order valence-electron chi connectivity index (χ4n) is 2.48. The molecule has 4 aromatic rings. The van der Waals surface area contributed by atoms with Crippen LogP contribution in [0.1, 0.15) is 16.2 Å². The van der Waals surface area contributed by atoms with Crippen LogP contribution in [0, 0.1) is 0 Å². The van der Waals surface area contributed by atoms with Gasteiger partial charge in [-0.2, -0.15) is 22.7 Å². The van der Waals surface area contributed by atoms with Crippen LogP contribution in [0.2, 0.25) is 0 Å². The van der Waals surface area contributed by atoms with Gasteiger partial charge >= 0.3 is 0 Å². The average Bonchev–Trinajstić information content (AvgIpc) is 3.37. The van der Waals surface area contributed by atoms with Crippen LogP contribution in [-0.4, -0.2) is 15.8 Å². The molecule has 0 aliphatic rings. The van der Waals surface area contributed by atoms with E-state index in [9.17, 15) is 4.79 Å². The van der Waals surface area contributed by atoms with Gasteiger partial charge in [0.15, 0.2) is 5.82 Å². The first kappa shape index (κ1) is 14.1. The maximum absolute atomic E-state index is 12.7. The zero-order chi connectivity index (χ0) is 15.6. The van der Waals surface area contributed by atoms with Crippen molar-refractivity contribution in [1.29, 1.82) is 0 Å². The number of hydrogen-bond donors (Lipinski definition) is 1. The van der Waals surface area contributed by atoms with E-state index in [-0.39, 0.29) is 5.78 Å². The summed E-state index contributed by atoms with van der Waals surface area (Å²) in [6.07, 6.45) is 3.26. The van der Waals surface area contributed by atoms with Crippen molar-refractivity contribution in [3.8, 4) is 22.3 Å². The third-order valence-electron chi connectivity index (χ3n) is 3.62. The second-order valence-corrected chi connectivity index (χ2v) is 6.65. The van der Waals surface area contributed by atoms with E-state index in [1.807, 2.05) is 22.9 Å². The van der Waals surface area contributed by atoms with E-state index in [2.05, 4.69) is 38.9 Å². The van der Waals surface area contributed by atoms with Crippen LogP contribution < -0.4 is 0 Å². The number of rotatable bonds is 4. The van der Waals surface area contributed by atoms with Gasteiger partial charge in [0.1, 0.15) is 0 Å². The Morgan fingerprint density at radius 3 is 2.04 bits per heavy atom. The van der Waals surface area contributed by atoms with E-state index in [4.69, 9.17) is 0 Å². The summed E-state index contributed by atoms with van der Waals surface area (Å²) < 4.78 is 0. The number of ketones is 1. The zero-order valence-electron chi connectivity index (χ0n) is 12.0. The van der Waals surface area contributed by atoms with Crippen LogP contribution >= 0.6 is 22.7 Å². The molecule has 5 heteroatoms. The molecule has 0 atom stereocenters. The monoisotopic (exact) mass is 336 g/mol. The molecule has 0 aliphatic carbocycles. The normalized spacial score (nSPS) is 10.8. The van der Waals surface area contributed by atoms with E-state index >= 15 is 0 Å². The number of nitrogens with zero attached hydrogens (tertiary/aromatic N) is 1. The largest absolute Gasteiger partial charge is 0.342 e. The summed E-state index contributed by atoms with van der Waals surface area (Å²) in [5.41, 5.74) is 4.99. The number of thiophene rings is 2. The van der Waals surface area contributed by atoms with Gasteiger partial charge in [-0.05, 0) is 74.1 Å². The third kappa shape index (κ3) is 2.76. The highest BCUT2D eigenvalue weighted by atomic mass is 32.1. The van der Waals surface area contributed by atoms with Crippen LogP contribution in [0.15, 0.2) is 64.2 Å². The first-order valence-corrected chi connectivity index (χ1v) is 8.94. The highest BCUT2D eigenvalue weighted by molar-refractivity contribution is 7.08. The fraction of sp³-hybridized carbons (Fsp3) is 0. The first-order chi connectivity index (χ1) is 11.3. The van der Waals surface area contributed by atoms with Crippen LogP contribution in [0.3, 0.4) is 0 Å². The van der Waals surface area contributed by atoms with Crippen LogP contribution in [-0.2, 0) is 0 Å². The van der Waals surface area contributed by atoms with Gasteiger partial charge in [0.2, 0.25) is 5.78 Å². The topological polar surface area (TPSA) is 45.8 Å². The summed E-state index contributed by atoms with van der Waals surface area (Å²) in [6, 6.07) is 10.1. The van der Waals surface area contributed by atoms with Crippen molar-refractivity contribution in [3.05, 3.63) is 75.6 Å². The van der Waals surface area contributed by atoms with E-state index in [0.29, 0.717) is 11.4 Å². The average molecular weight is 336 g/mol. The van der Waals surface area contributed by atoms with E-state index < -0.39 is 0 Å². The number of H-pyrrole nitrogens is 1. The van der Waals surface area contributed by atoms with E-state index in [1.165, 1.54) is 0 Å². The maximum Gasteiger partial charge on any atom is 0.228 e. The summed E-state index contributed by atoms with van der Waals surface area (Å²) in [5, 5.41) is 8.27. The number of carbonyl (C=O) groups excluding carboxylic acids is 1. The lowest BCUT2D eigenvalue weighted by Crippen LogP contribution is -2.04. The molecule has 0 unspecified atom stereocenters. The lowest BCUT2D eigenvalue weighted by atomic mass is 9.97. The molecule has 0 amide bonds. The highest BCUT2D eigenvalue weighted by Gasteiger charge is 2.15. The van der Waals surface area contributed by atoms with Gasteiger partial charge in [0.05, 0.1) is 0 Å². The van der Waals surface area contributed by atoms with Crippen LogP contribution in [0.5, 0.6) is 0 Å². The number of aromatic nitrogens is 2. The molecule has 1 aromatic carbocycles. The van der Waals surface area contributed by atoms with Crippen molar-refractivity contribution in [2.24, 2.45) is 0 Å². The molecule has 0 spiro atoms. The zero-order valence-corrected chi connectivity index (χ0v) is 13.7. The lowest BCUT2D eigenvalue weighted by molar-refractivity contribution is 0.103. The summed E-state index contributed by atoms with van der Waals surface area (Å²) in [4.78, 5) is 19.6. The maximum atomic E-state index is 12.7. The van der Waals surface area contributed by atoms with Crippen molar-refractivity contribution in [3.63, 3.8) is 0 Å². The van der Waals surface area contributed by atoms with Crippen molar-refractivity contribution < 1.29 is 4.79 Å². The minimum absolute atomic E-state index is 0.0939. The summed E-state index contributed by atoms with van der Waals surface area (Å²) in [6.45, 7) is 0. The second kappa shape index (κ2) is 5.95. The molecule has 0 bridgehead atoms. The van der Waals surface area contributed by atoms with Gasteiger partial charge in [-0.15, -0.1) is 0 Å². The van der Waals surface area contributed by atoms with Crippen molar-refractivity contribution in [2.75, 3.05) is 0 Å². The molecular formula is C18H12N2OS2. The molecule has 23 heavy (non-hydrogen) atoms. The van der Waals surface area contributed by atoms with Gasteiger partial charge in [-0.1, -0.05) is 0 Å². The predicted octanol–water partition coefficient (Wildman–Crippen LogP) is 5.10. The van der Waals surface area contributed by atoms with Crippen molar-refractivity contribution in [1.82, 2.24) is 9.97 Å². The van der Waals surface area contributed by atoms with Crippen molar-refractivity contribution >= 4 is 28.5 Å². The Bertz CT molecular complexity index is 871. The fourth-order valence-corrected chi connectivity index (χ4v) is 3.81. The van der Waals surface area contributed by atoms with E-state index in [1.54, 1.807) is 35.1 Å². The number of benzene rings is 1. The Balaban J connectivity index is 1.87. The molecule has 0 aliphatic heterocycles. The molecule has 112 valence electrons. The Hall–Kier alpha value is -2.50. The van der Waals surface area contributed by atoms with Gasteiger partial charge in [-0.3, -0.25) is 4.79 Å². The number of nitrogens with one attached hydrogen (secondary N) is 1. The van der Waals surface area contributed by atoms with Crippen LogP contribution in [0.4, 0.5) is 0 Å². The SMILES string of the molecule is O=C(c1cc(-c2ccsc2)cc(-c2ccsc2)c1)c1ncc[nH]1. The quantitative estimate of drug-likeness (QED) is 0.527. The van der Waals surface area contributed by atoms with Gasteiger partial charge in [-0.25, -0.2) is 4.98 Å².